The SMILES string of the molecule is CCNC(c1ccc(C)cc1)c1ccncc1Cl. The maximum absolute atomic E-state index is 6.23. The van der Waals surface area contributed by atoms with Crippen molar-refractivity contribution in [3.05, 3.63) is 64.4 Å². The Labute approximate surface area is 113 Å². The van der Waals surface area contributed by atoms with Gasteiger partial charge in [-0.3, -0.25) is 4.98 Å². The average molecular weight is 261 g/mol. The van der Waals surface area contributed by atoms with Crippen molar-refractivity contribution in [1.82, 2.24) is 10.3 Å². The molecule has 1 atom stereocenters. The quantitative estimate of drug-likeness (QED) is 0.906. The topological polar surface area (TPSA) is 24.9 Å². The molecule has 2 nitrogen and oxygen atoms in total. The molecule has 0 amide bonds. The van der Waals surface area contributed by atoms with Gasteiger partial charge in [-0.25, -0.2) is 0 Å². The minimum atomic E-state index is 0.117. The van der Waals surface area contributed by atoms with Crippen LogP contribution in [0.1, 0.15) is 29.7 Å². The number of nitrogens with zero attached hydrogens (tertiary/aromatic N) is 1. The standard InChI is InChI=1S/C15H17ClN2/c1-3-18-15(12-6-4-11(2)5-7-12)13-8-9-17-10-14(13)16/h4-10,15,18H,3H2,1-2H3. The summed E-state index contributed by atoms with van der Waals surface area (Å²) in [6.07, 6.45) is 3.47. The predicted octanol–water partition coefficient (Wildman–Crippen LogP) is 3.74. The molecule has 0 saturated heterocycles. The first kappa shape index (κ1) is 13.1. The van der Waals surface area contributed by atoms with E-state index in [2.05, 4.69) is 48.4 Å². The van der Waals surface area contributed by atoms with Gasteiger partial charge < -0.3 is 5.32 Å². The van der Waals surface area contributed by atoms with E-state index >= 15 is 0 Å². The molecule has 1 heterocycles. The second-order valence-electron chi connectivity index (χ2n) is 4.30. The zero-order valence-corrected chi connectivity index (χ0v) is 11.4. The summed E-state index contributed by atoms with van der Waals surface area (Å²) in [5.74, 6) is 0. The third-order valence-electron chi connectivity index (χ3n) is 2.93. The van der Waals surface area contributed by atoms with Gasteiger partial charge in [0.1, 0.15) is 0 Å². The highest BCUT2D eigenvalue weighted by molar-refractivity contribution is 6.31. The van der Waals surface area contributed by atoms with E-state index in [1.807, 2.05) is 6.07 Å². The first-order valence-corrected chi connectivity index (χ1v) is 6.49. The lowest BCUT2D eigenvalue weighted by Crippen LogP contribution is -2.22. The molecule has 0 fully saturated rings. The van der Waals surface area contributed by atoms with Crippen LogP contribution in [0.4, 0.5) is 0 Å². The molecule has 2 aromatic rings. The zero-order valence-electron chi connectivity index (χ0n) is 10.7. The van der Waals surface area contributed by atoms with E-state index in [1.54, 1.807) is 12.4 Å². The van der Waals surface area contributed by atoms with Crippen LogP contribution < -0.4 is 5.32 Å². The molecule has 94 valence electrons. The Morgan fingerprint density at radius 3 is 2.56 bits per heavy atom. The summed E-state index contributed by atoms with van der Waals surface area (Å²) in [5.41, 5.74) is 3.54. The van der Waals surface area contributed by atoms with Gasteiger partial charge in [0.05, 0.1) is 11.1 Å². The fourth-order valence-electron chi connectivity index (χ4n) is 1.99. The largest absolute Gasteiger partial charge is 0.306 e. The number of halogens is 1. The average Bonchev–Trinajstić information content (AvgIpc) is 2.38. The molecule has 0 aliphatic heterocycles. The van der Waals surface area contributed by atoms with Crippen LogP contribution in [0.3, 0.4) is 0 Å². The lowest BCUT2D eigenvalue weighted by Gasteiger charge is -2.20. The van der Waals surface area contributed by atoms with E-state index in [-0.39, 0.29) is 6.04 Å². The fourth-order valence-corrected chi connectivity index (χ4v) is 2.22. The number of nitrogens with one attached hydrogen (secondary N) is 1. The van der Waals surface area contributed by atoms with Gasteiger partial charge in [0.25, 0.3) is 0 Å². The summed E-state index contributed by atoms with van der Waals surface area (Å²) in [6, 6.07) is 10.6. The Morgan fingerprint density at radius 1 is 1.22 bits per heavy atom. The van der Waals surface area contributed by atoms with Crippen LogP contribution in [0.5, 0.6) is 0 Å². The Kier molecular flexibility index (Phi) is 4.34. The van der Waals surface area contributed by atoms with Gasteiger partial charge in [-0.15, -0.1) is 0 Å². The summed E-state index contributed by atoms with van der Waals surface area (Å²) < 4.78 is 0. The van der Waals surface area contributed by atoms with Crippen LogP contribution in [-0.2, 0) is 0 Å². The molecule has 18 heavy (non-hydrogen) atoms. The molecule has 0 aliphatic carbocycles. The van der Waals surface area contributed by atoms with Gasteiger partial charge in [-0.2, -0.15) is 0 Å². The van der Waals surface area contributed by atoms with Gasteiger partial charge in [-0.1, -0.05) is 48.4 Å². The Bertz CT molecular complexity index is 508. The van der Waals surface area contributed by atoms with E-state index in [0.717, 1.165) is 12.1 Å². The van der Waals surface area contributed by atoms with E-state index in [4.69, 9.17) is 11.6 Å². The van der Waals surface area contributed by atoms with Gasteiger partial charge in [0, 0.05) is 12.4 Å². The van der Waals surface area contributed by atoms with E-state index < -0.39 is 0 Å². The molecule has 1 N–H and O–H groups in total. The number of pyridine rings is 1. The monoisotopic (exact) mass is 260 g/mol. The molecule has 1 aromatic carbocycles. The summed E-state index contributed by atoms with van der Waals surface area (Å²) in [6.45, 7) is 5.07. The summed E-state index contributed by atoms with van der Waals surface area (Å²) in [7, 11) is 0. The number of hydrogen-bond donors (Lipinski definition) is 1. The highest BCUT2D eigenvalue weighted by Gasteiger charge is 2.15. The lowest BCUT2D eigenvalue weighted by atomic mass is 9.98. The maximum Gasteiger partial charge on any atom is 0.0640 e. The molecule has 0 radical (unpaired) electrons. The minimum Gasteiger partial charge on any atom is -0.306 e. The van der Waals surface area contributed by atoms with Crippen molar-refractivity contribution >= 4 is 11.6 Å². The van der Waals surface area contributed by atoms with Crippen LogP contribution in [0, 0.1) is 6.92 Å². The van der Waals surface area contributed by atoms with Crippen molar-refractivity contribution in [2.75, 3.05) is 6.54 Å². The van der Waals surface area contributed by atoms with E-state index in [9.17, 15) is 0 Å². The number of aryl methyl sites for hydroxylation is 1. The van der Waals surface area contributed by atoms with Gasteiger partial charge >= 0.3 is 0 Å². The Hall–Kier alpha value is -1.38. The normalized spacial score (nSPS) is 12.4. The van der Waals surface area contributed by atoms with Crippen LogP contribution >= 0.6 is 11.6 Å². The third-order valence-corrected chi connectivity index (χ3v) is 3.25. The highest BCUT2D eigenvalue weighted by Crippen LogP contribution is 2.27. The summed E-state index contributed by atoms with van der Waals surface area (Å²) in [4.78, 5) is 4.04. The first-order chi connectivity index (χ1) is 8.72. The molecule has 1 unspecified atom stereocenters. The molecule has 0 spiro atoms. The number of hydrogen-bond acceptors (Lipinski definition) is 2. The fraction of sp³-hybridized carbons (Fsp3) is 0.267. The molecule has 0 bridgehead atoms. The van der Waals surface area contributed by atoms with Crippen molar-refractivity contribution in [2.24, 2.45) is 0 Å². The van der Waals surface area contributed by atoms with Crippen LogP contribution in [-0.4, -0.2) is 11.5 Å². The van der Waals surface area contributed by atoms with Crippen molar-refractivity contribution in [3.63, 3.8) is 0 Å². The van der Waals surface area contributed by atoms with Crippen molar-refractivity contribution in [3.8, 4) is 0 Å². The zero-order chi connectivity index (χ0) is 13.0. The number of aromatic nitrogens is 1. The van der Waals surface area contributed by atoms with Crippen molar-refractivity contribution in [1.29, 1.82) is 0 Å². The molecule has 0 aliphatic rings. The Balaban J connectivity index is 2.40. The smallest absolute Gasteiger partial charge is 0.0640 e. The molecular weight excluding hydrogens is 244 g/mol. The molecular formula is C15H17ClN2. The first-order valence-electron chi connectivity index (χ1n) is 6.11. The second kappa shape index (κ2) is 5.98. The van der Waals surface area contributed by atoms with Gasteiger partial charge in [0.2, 0.25) is 0 Å². The van der Waals surface area contributed by atoms with Gasteiger partial charge in [0.15, 0.2) is 0 Å². The van der Waals surface area contributed by atoms with E-state index in [0.29, 0.717) is 5.02 Å². The second-order valence-corrected chi connectivity index (χ2v) is 4.71. The van der Waals surface area contributed by atoms with E-state index in [1.165, 1.54) is 11.1 Å². The highest BCUT2D eigenvalue weighted by atomic mass is 35.5. The van der Waals surface area contributed by atoms with Crippen LogP contribution in [0.25, 0.3) is 0 Å². The molecule has 1 aromatic heterocycles. The van der Waals surface area contributed by atoms with Gasteiger partial charge in [-0.05, 0) is 30.7 Å². The lowest BCUT2D eigenvalue weighted by molar-refractivity contribution is 0.630. The van der Waals surface area contributed by atoms with Crippen molar-refractivity contribution < 1.29 is 0 Å². The van der Waals surface area contributed by atoms with Crippen molar-refractivity contribution in [2.45, 2.75) is 19.9 Å². The third kappa shape index (κ3) is 2.89. The number of rotatable bonds is 4. The molecule has 0 saturated carbocycles. The molecule has 2 rings (SSSR count). The Morgan fingerprint density at radius 2 is 1.94 bits per heavy atom. The predicted molar refractivity (Wildman–Crippen MR) is 75.9 cm³/mol. The summed E-state index contributed by atoms with van der Waals surface area (Å²) >= 11 is 6.23. The van der Waals surface area contributed by atoms with Crippen LogP contribution in [0.2, 0.25) is 5.02 Å². The maximum atomic E-state index is 6.23. The minimum absolute atomic E-state index is 0.117. The number of benzene rings is 1. The summed E-state index contributed by atoms with van der Waals surface area (Å²) in [5, 5.41) is 4.16. The van der Waals surface area contributed by atoms with Crippen LogP contribution in [0.15, 0.2) is 42.7 Å². The molecule has 3 heteroatoms.